The van der Waals surface area contributed by atoms with Gasteiger partial charge in [-0.15, -0.1) is 0 Å². The molecule has 1 atom stereocenters. The van der Waals surface area contributed by atoms with E-state index >= 15 is 0 Å². The molecule has 0 aliphatic heterocycles. The number of aliphatic hydroxyl groups is 1. The van der Waals surface area contributed by atoms with Gasteiger partial charge in [-0.3, -0.25) is 4.79 Å². The van der Waals surface area contributed by atoms with Crippen LogP contribution in [0, 0.1) is 0 Å². The summed E-state index contributed by atoms with van der Waals surface area (Å²) in [6.45, 7) is 3.72. The normalized spacial score (nSPS) is 13.3. The number of ether oxygens (including phenoxy) is 2. The zero-order chi connectivity index (χ0) is 13.5. The molecule has 7 heteroatoms. The second-order valence-corrected chi connectivity index (χ2v) is 3.35. The Balaban J connectivity index is 3.97. The molecule has 0 fully saturated rings. The Bertz CT molecular complexity index is 319. The molecule has 0 saturated carbocycles. The molecule has 0 bridgehead atoms. The van der Waals surface area contributed by atoms with Gasteiger partial charge in [0.15, 0.2) is 5.60 Å². The van der Waals surface area contributed by atoms with Gasteiger partial charge in [0.05, 0.1) is 6.42 Å². The summed E-state index contributed by atoms with van der Waals surface area (Å²) in [4.78, 5) is 32.1. The highest BCUT2D eigenvalue weighted by Gasteiger charge is 2.34. The van der Waals surface area contributed by atoms with E-state index in [0.717, 1.165) is 13.0 Å². The molecule has 0 aliphatic rings. The van der Waals surface area contributed by atoms with Crippen LogP contribution >= 0.6 is 0 Å². The van der Waals surface area contributed by atoms with Crippen molar-refractivity contribution in [2.75, 3.05) is 13.2 Å². The smallest absolute Gasteiger partial charge is 0.338 e. The summed E-state index contributed by atoms with van der Waals surface area (Å²) in [6.07, 6.45) is 0.181. The lowest BCUT2D eigenvalue weighted by molar-refractivity contribution is -0.170. The first-order valence-electron chi connectivity index (χ1n) is 4.70. The molecule has 0 heterocycles. The molecule has 0 saturated heterocycles. The van der Waals surface area contributed by atoms with Gasteiger partial charge in [0, 0.05) is 6.08 Å². The first-order valence-corrected chi connectivity index (χ1v) is 4.70. The minimum absolute atomic E-state index is 0.195. The number of aliphatic carboxylic acids is 1. The molecule has 0 spiro atoms. The molecule has 96 valence electrons. The Kier molecular flexibility index (Phi) is 5.90. The summed E-state index contributed by atoms with van der Waals surface area (Å²) in [6, 6.07) is 0. The van der Waals surface area contributed by atoms with Gasteiger partial charge in [0.2, 0.25) is 0 Å². The molecule has 0 aromatic rings. The van der Waals surface area contributed by atoms with Crippen LogP contribution in [0.1, 0.15) is 13.3 Å². The molecule has 0 aliphatic carbocycles. The maximum absolute atomic E-state index is 11.2. The van der Waals surface area contributed by atoms with Crippen molar-refractivity contribution < 1.29 is 34.1 Å². The van der Waals surface area contributed by atoms with E-state index in [2.05, 4.69) is 16.1 Å². The molecule has 1 unspecified atom stereocenters. The monoisotopic (exact) mass is 246 g/mol. The van der Waals surface area contributed by atoms with Gasteiger partial charge in [-0.1, -0.05) is 6.58 Å². The van der Waals surface area contributed by atoms with Gasteiger partial charge in [-0.25, -0.2) is 9.59 Å². The van der Waals surface area contributed by atoms with Crippen LogP contribution in [0.2, 0.25) is 0 Å². The molecule has 0 radical (unpaired) electrons. The quantitative estimate of drug-likeness (QED) is 0.353. The van der Waals surface area contributed by atoms with E-state index in [1.807, 2.05) is 0 Å². The van der Waals surface area contributed by atoms with Crippen LogP contribution in [-0.4, -0.2) is 46.9 Å². The van der Waals surface area contributed by atoms with E-state index in [1.54, 1.807) is 0 Å². The topological polar surface area (TPSA) is 110 Å². The molecular weight excluding hydrogens is 232 g/mol. The minimum Gasteiger partial charge on any atom is -0.481 e. The summed E-state index contributed by atoms with van der Waals surface area (Å²) in [5, 5.41) is 17.9. The van der Waals surface area contributed by atoms with E-state index in [-0.39, 0.29) is 13.2 Å². The van der Waals surface area contributed by atoms with Crippen molar-refractivity contribution in [3.05, 3.63) is 12.7 Å². The summed E-state index contributed by atoms with van der Waals surface area (Å²) in [5.74, 6) is -3.09. The summed E-state index contributed by atoms with van der Waals surface area (Å²) in [5.41, 5.74) is -2.10. The van der Waals surface area contributed by atoms with Crippen molar-refractivity contribution in [1.82, 2.24) is 0 Å². The Morgan fingerprint density at radius 2 is 1.82 bits per heavy atom. The van der Waals surface area contributed by atoms with Gasteiger partial charge in [0.1, 0.15) is 13.2 Å². The van der Waals surface area contributed by atoms with Crippen molar-refractivity contribution in [1.29, 1.82) is 0 Å². The predicted molar refractivity (Wildman–Crippen MR) is 55.0 cm³/mol. The number of esters is 2. The highest BCUT2D eigenvalue weighted by atomic mass is 16.6. The third kappa shape index (κ3) is 6.31. The number of hydrogen-bond acceptors (Lipinski definition) is 6. The van der Waals surface area contributed by atoms with Crippen molar-refractivity contribution in [2.24, 2.45) is 0 Å². The molecule has 7 nitrogen and oxygen atoms in total. The van der Waals surface area contributed by atoms with E-state index in [1.165, 1.54) is 0 Å². The second kappa shape index (κ2) is 6.64. The molecule has 0 amide bonds. The average Bonchev–Trinajstić information content (AvgIpc) is 2.21. The molecule has 0 rings (SSSR count). The molecule has 0 aromatic heterocycles. The fourth-order valence-electron chi connectivity index (χ4n) is 0.858. The van der Waals surface area contributed by atoms with Gasteiger partial charge >= 0.3 is 17.9 Å². The number of carbonyl (C=O) groups excluding carboxylic acids is 2. The van der Waals surface area contributed by atoms with E-state index in [0.29, 0.717) is 0 Å². The number of hydrogen-bond donors (Lipinski definition) is 2. The maximum atomic E-state index is 11.2. The third-order valence-corrected chi connectivity index (χ3v) is 1.66. The highest BCUT2D eigenvalue weighted by molar-refractivity contribution is 5.84. The molecule has 2 N–H and O–H groups in total. The fourth-order valence-corrected chi connectivity index (χ4v) is 0.858. The largest absolute Gasteiger partial charge is 0.481 e. The van der Waals surface area contributed by atoms with E-state index < -0.39 is 29.9 Å². The van der Waals surface area contributed by atoms with Crippen molar-refractivity contribution >= 4 is 17.9 Å². The summed E-state index contributed by atoms with van der Waals surface area (Å²) >= 11 is 0. The van der Waals surface area contributed by atoms with Crippen LogP contribution in [0.4, 0.5) is 0 Å². The maximum Gasteiger partial charge on any atom is 0.338 e. The SMILES string of the molecule is C=CC(=O)OCCOC(=O)C(C)(O)CC(=O)O. The molecule has 0 aromatic carbocycles. The van der Waals surface area contributed by atoms with Gasteiger partial charge in [-0.05, 0) is 6.92 Å². The zero-order valence-corrected chi connectivity index (χ0v) is 9.34. The van der Waals surface area contributed by atoms with Gasteiger partial charge in [0.25, 0.3) is 0 Å². The fraction of sp³-hybridized carbons (Fsp3) is 0.500. The van der Waals surface area contributed by atoms with Crippen molar-refractivity contribution in [3.8, 4) is 0 Å². The van der Waals surface area contributed by atoms with Crippen LogP contribution in [0.25, 0.3) is 0 Å². The first-order chi connectivity index (χ1) is 7.79. The lowest BCUT2D eigenvalue weighted by Crippen LogP contribution is -2.39. The Morgan fingerprint density at radius 1 is 1.29 bits per heavy atom. The number of carboxylic acid groups (broad SMARTS) is 1. The minimum atomic E-state index is -2.10. The summed E-state index contributed by atoms with van der Waals surface area (Å²) in [7, 11) is 0. The highest BCUT2D eigenvalue weighted by Crippen LogP contribution is 2.11. The van der Waals surface area contributed by atoms with Crippen LogP contribution in [0.15, 0.2) is 12.7 Å². The lowest BCUT2D eigenvalue weighted by atomic mass is 10.0. The molecule has 17 heavy (non-hydrogen) atoms. The van der Waals surface area contributed by atoms with Crippen molar-refractivity contribution in [3.63, 3.8) is 0 Å². The zero-order valence-electron chi connectivity index (χ0n) is 9.34. The molecular formula is C10H14O7. The number of rotatable bonds is 7. The van der Waals surface area contributed by atoms with Crippen LogP contribution in [0.5, 0.6) is 0 Å². The second-order valence-electron chi connectivity index (χ2n) is 3.35. The van der Waals surface area contributed by atoms with Crippen molar-refractivity contribution in [2.45, 2.75) is 18.9 Å². The lowest BCUT2D eigenvalue weighted by Gasteiger charge is -2.18. The predicted octanol–water partition coefficient (Wildman–Crippen LogP) is -0.516. The average molecular weight is 246 g/mol. The van der Waals surface area contributed by atoms with E-state index in [9.17, 15) is 19.5 Å². The van der Waals surface area contributed by atoms with Crippen LogP contribution < -0.4 is 0 Å². The first kappa shape index (κ1) is 15.1. The third-order valence-electron chi connectivity index (χ3n) is 1.66. The van der Waals surface area contributed by atoms with E-state index in [4.69, 9.17) is 5.11 Å². The summed E-state index contributed by atoms with van der Waals surface area (Å²) < 4.78 is 9.04. The Morgan fingerprint density at radius 3 is 2.29 bits per heavy atom. The number of carboxylic acids is 1. The Labute approximate surface area is 97.6 Å². The van der Waals surface area contributed by atoms with Crippen LogP contribution in [-0.2, 0) is 23.9 Å². The number of carbonyl (C=O) groups is 3. The Hall–Kier alpha value is -1.89. The van der Waals surface area contributed by atoms with Gasteiger partial charge < -0.3 is 19.7 Å². The van der Waals surface area contributed by atoms with Crippen LogP contribution in [0.3, 0.4) is 0 Å². The van der Waals surface area contributed by atoms with Gasteiger partial charge in [-0.2, -0.15) is 0 Å². The standard InChI is InChI=1S/C10H14O7/c1-3-8(13)16-4-5-17-9(14)10(2,15)6-7(11)12/h3,15H,1,4-6H2,2H3,(H,11,12).